The van der Waals surface area contributed by atoms with Crippen molar-refractivity contribution in [3.63, 3.8) is 0 Å². The van der Waals surface area contributed by atoms with Crippen LogP contribution in [-0.2, 0) is 22.0 Å². The number of aliphatic hydroxyl groups excluding tert-OH is 1. The average molecular weight is 325 g/mol. The Labute approximate surface area is 129 Å². The van der Waals surface area contributed by atoms with Gasteiger partial charge in [-0.15, -0.1) is 11.3 Å². The Morgan fingerprint density at radius 3 is 2.29 bits per heavy atom. The van der Waals surface area contributed by atoms with Crippen LogP contribution in [0.3, 0.4) is 0 Å². The Morgan fingerprint density at radius 1 is 1.19 bits per heavy atom. The van der Waals surface area contributed by atoms with E-state index in [9.17, 15) is 8.42 Å². The lowest BCUT2D eigenvalue weighted by atomic mass is 9.87. The SMILES string of the molecule is CC(C)(C)c1ccc(NS(=O)(=O)c2csc(CO)c2)cc1. The molecule has 1 heterocycles. The molecule has 2 aromatic rings. The number of benzene rings is 1. The van der Waals surface area contributed by atoms with E-state index in [0.717, 1.165) is 5.56 Å². The zero-order chi connectivity index (χ0) is 15.7. The first-order chi connectivity index (χ1) is 9.72. The summed E-state index contributed by atoms with van der Waals surface area (Å²) in [7, 11) is -3.60. The molecule has 0 amide bonds. The average Bonchev–Trinajstić information content (AvgIpc) is 2.87. The second-order valence-electron chi connectivity index (χ2n) is 5.84. The standard InChI is InChI=1S/C15H19NO3S2/c1-15(2,3)11-4-6-12(7-5-11)16-21(18,19)14-8-13(9-17)20-10-14/h4-8,10,16-17H,9H2,1-3H3. The molecule has 0 aliphatic carbocycles. The second kappa shape index (κ2) is 5.79. The van der Waals surface area contributed by atoms with Crippen LogP contribution < -0.4 is 4.72 Å². The van der Waals surface area contributed by atoms with E-state index in [-0.39, 0.29) is 16.9 Å². The summed E-state index contributed by atoms with van der Waals surface area (Å²) >= 11 is 1.22. The molecule has 21 heavy (non-hydrogen) atoms. The summed E-state index contributed by atoms with van der Waals surface area (Å²) in [6, 6.07) is 8.85. The van der Waals surface area contributed by atoms with E-state index >= 15 is 0 Å². The molecule has 0 atom stereocenters. The maximum atomic E-state index is 12.2. The molecule has 0 aliphatic rings. The van der Waals surface area contributed by atoms with Crippen molar-refractivity contribution in [3.8, 4) is 0 Å². The Morgan fingerprint density at radius 2 is 1.81 bits per heavy atom. The van der Waals surface area contributed by atoms with Crippen LogP contribution >= 0.6 is 11.3 Å². The molecule has 0 unspecified atom stereocenters. The van der Waals surface area contributed by atoms with Gasteiger partial charge in [0, 0.05) is 15.9 Å². The van der Waals surface area contributed by atoms with Gasteiger partial charge in [-0.1, -0.05) is 32.9 Å². The maximum absolute atomic E-state index is 12.2. The molecule has 4 nitrogen and oxygen atoms in total. The van der Waals surface area contributed by atoms with E-state index in [1.165, 1.54) is 22.8 Å². The lowest BCUT2D eigenvalue weighted by Gasteiger charge is -2.19. The third kappa shape index (κ3) is 3.84. The smallest absolute Gasteiger partial charge is 0.262 e. The molecule has 0 radical (unpaired) electrons. The number of hydrogen-bond acceptors (Lipinski definition) is 4. The van der Waals surface area contributed by atoms with Gasteiger partial charge in [-0.25, -0.2) is 8.42 Å². The highest BCUT2D eigenvalue weighted by Gasteiger charge is 2.17. The normalized spacial score (nSPS) is 12.4. The van der Waals surface area contributed by atoms with Crippen LogP contribution in [0.25, 0.3) is 0 Å². The lowest BCUT2D eigenvalue weighted by molar-refractivity contribution is 0.285. The molecule has 0 bridgehead atoms. The van der Waals surface area contributed by atoms with Gasteiger partial charge in [0.2, 0.25) is 0 Å². The number of nitrogens with one attached hydrogen (secondary N) is 1. The number of hydrogen-bond donors (Lipinski definition) is 2. The highest BCUT2D eigenvalue weighted by atomic mass is 32.2. The summed E-state index contributed by atoms with van der Waals surface area (Å²) < 4.78 is 27.0. The first-order valence-electron chi connectivity index (χ1n) is 6.54. The molecule has 6 heteroatoms. The molecule has 1 aromatic carbocycles. The molecular weight excluding hydrogens is 306 g/mol. The molecule has 0 saturated carbocycles. The highest BCUT2D eigenvalue weighted by molar-refractivity contribution is 7.92. The van der Waals surface area contributed by atoms with Gasteiger partial charge in [-0.05, 0) is 29.2 Å². The van der Waals surface area contributed by atoms with Crippen molar-refractivity contribution in [2.45, 2.75) is 37.7 Å². The van der Waals surface area contributed by atoms with E-state index in [2.05, 4.69) is 25.5 Å². The van der Waals surface area contributed by atoms with Gasteiger partial charge in [0.1, 0.15) is 0 Å². The summed E-state index contributed by atoms with van der Waals surface area (Å²) in [6.45, 7) is 6.16. The van der Waals surface area contributed by atoms with E-state index in [1.807, 2.05) is 12.1 Å². The van der Waals surface area contributed by atoms with Gasteiger partial charge in [0.05, 0.1) is 11.5 Å². The van der Waals surface area contributed by atoms with Crippen LogP contribution in [-0.4, -0.2) is 13.5 Å². The third-order valence-electron chi connectivity index (χ3n) is 3.10. The van der Waals surface area contributed by atoms with Crippen LogP contribution in [0.2, 0.25) is 0 Å². The van der Waals surface area contributed by atoms with Gasteiger partial charge in [0.15, 0.2) is 0 Å². The Kier molecular flexibility index (Phi) is 4.41. The Hall–Kier alpha value is -1.37. The van der Waals surface area contributed by atoms with E-state index in [4.69, 9.17) is 5.11 Å². The first kappa shape index (κ1) is 16.0. The number of sulfonamides is 1. The van der Waals surface area contributed by atoms with Crippen LogP contribution in [0.15, 0.2) is 40.6 Å². The molecule has 114 valence electrons. The van der Waals surface area contributed by atoms with Gasteiger partial charge >= 0.3 is 0 Å². The van der Waals surface area contributed by atoms with Crippen molar-refractivity contribution in [1.82, 2.24) is 0 Å². The summed E-state index contributed by atoms with van der Waals surface area (Å²) in [5, 5.41) is 10.5. The zero-order valence-corrected chi connectivity index (χ0v) is 13.9. The van der Waals surface area contributed by atoms with Crippen molar-refractivity contribution >= 4 is 27.0 Å². The predicted octanol–water partition coefficient (Wildman–Crippen LogP) is 3.34. The van der Waals surface area contributed by atoms with Crippen molar-refractivity contribution in [1.29, 1.82) is 0 Å². The summed E-state index contributed by atoms with van der Waals surface area (Å²) in [4.78, 5) is 0.801. The molecule has 1 aromatic heterocycles. The van der Waals surface area contributed by atoms with Gasteiger partial charge < -0.3 is 5.11 Å². The molecule has 0 spiro atoms. The fraction of sp³-hybridized carbons (Fsp3) is 0.333. The monoisotopic (exact) mass is 325 g/mol. The second-order valence-corrected chi connectivity index (χ2v) is 8.52. The van der Waals surface area contributed by atoms with Crippen molar-refractivity contribution < 1.29 is 13.5 Å². The minimum atomic E-state index is -3.60. The molecule has 0 fully saturated rings. The topological polar surface area (TPSA) is 66.4 Å². The van der Waals surface area contributed by atoms with Crippen LogP contribution in [0.1, 0.15) is 31.2 Å². The third-order valence-corrected chi connectivity index (χ3v) is 5.53. The fourth-order valence-electron chi connectivity index (χ4n) is 1.84. The lowest BCUT2D eigenvalue weighted by Crippen LogP contribution is -2.13. The number of rotatable bonds is 4. The Bertz CT molecular complexity index is 710. The largest absolute Gasteiger partial charge is 0.391 e. The summed E-state index contributed by atoms with van der Waals surface area (Å²) in [5.41, 5.74) is 1.70. The van der Waals surface area contributed by atoms with Gasteiger partial charge in [-0.2, -0.15) is 0 Å². The van der Waals surface area contributed by atoms with Crippen LogP contribution in [0, 0.1) is 0 Å². The zero-order valence-electron chi connectivity index (χ0n) is 12.3. The van der Waals surface area contributed by atoms with Crippen LogP contribution in [0.5, 0.6) is 0 Å². The minimum Gasteiger partial charge on any atom is -0.391 e. The van der Waals surface area contributed by atoms with Crippen molar-refractivity contribution in [2.24, 2.45) is 0 Å². The molecule has 2 rings (SSSR count). The number of thiophene rings is 1. The quantitative estimate of drug-likeness (QED) is 0.906. The van der Waals surface area contributed by atoms with E-state index in [1.54, 1.807) is 12.1 Å². The summed E-state index contributed by atoms with van der Waals surface area (Å²) in [6.07, 6.45) is 0. The summed E-state index contributed by atoms with van der Waals surface area (Å²) in [5.74, 6) is 0. The van der Waals surface area contributed by atoms with Gasteiger partial charge in [0.25, 0.3) is 10.0 Å². The Balaban J connectivity index is 2.21. The fourth-order valence-corrected chi connectivity index (χ4v) is 4.03. The van der Waals surface area contributed by atoms with Gasteiger partial charge in [-0.3, -0.25) is 4.72 Å². The molecule has 2 N–H and O–H groups in total. The minimum absolute atomic E-state index is 0.0286. The van der Waals surface area contributed by atoms with Crippen LogP contribution in [0.4, 0.5) is 5.69 Å². The highest BCUT2D eigenvalue weighted by Crippen LogP contribution is 2.25. The maximum Gasteiger partial charge on any atom is 0.262 e. The van der Waals surface area contributed by atoms with Crippen molar-refractivity contribution in [3.05, 3.63) is 46.2 Å². The predicted molar refractivity (Wildman–Crippen MR) is 86.2 cm³/mol. The van der Waals surface area contributed by atoms with E-state index < -0.39 is 10.0 Å². The van der Waals surface area contributed by atoms with Crippen molar-refractivity contribution in [2.75, 3.05) is 4.72 Å². The first-order valence-corrected chi connectivity index (χ1v) is 8.90. The molecule has 0 aliphatic heterocycles. The van der Waals surface area contributed by atoms with E-state index in [0.29, 0.717) is 10.6 Å². The number of aliphatic hydroxyl groups is 1. The number of anilines is 1. The molecular formula is C15H19NO3S2. The molecule has 0 saturated heterocycles.